The van der Waals surface area contributed by atoms with E-state index in [1.807, 2.05) is 0 Å². The molecule has 2 atom stereocenters. The van der Waals surface area contributed by atoms with Crippen LogP contribution in [0.5, 0.6) is 0 Å². The third-order valence-corrected chi connectivity index (χ3v) is 4.52. The van der Waals surface area contributed by atoms with Gasteiger partial charge in [0.05, 0.1) is 22.9 Å². The van der Waals surface area contributed by atoms with Gasteiger partial charge in [0, 0.05) is 12.2 Å². The third kappa shape index (κ3) is 2.50. The van der Waals surface area contributed by atoms with E-state index >= 15 is 0 Å². The highest BCUT2D eigenvalue weighted by atomic mass is 19.4. The topological polar surface area (TPSA) is 54.0 Å². The van der Waals surface area contributed by atoms with Crippen molar-refractivity contribution in [2.24, 2.45) is 5.41 Å². The van der Waals surface area contributed by atoms with Crippen molar-refractivity contribution in [3.63, 3.8) is 0 Å². The van der Waals surface area contributed by atoms with Gasteiger partial charge in [-0.05, 0) is 31.9 Å². The molecule has 4 nitrogen and oxygen atoms in total. The van der Waals surface area contributed by atoms with Crippen LogP contribution in [0.1, 0.15) is 31.2 Å². The zero-order valence-corrected chi connectivity index (χ0v) is 11.3. The molecule has 0 bridgehead atoms. The molecule has 0 unspecified atom stereocenters. The third-order valence-electron chi connectivity index (χ3n) is 4.52. The van der Waals surface area contributed by atoms with E-state index in [2.05, 4.69) is 15.6 Å². The second-order valence-corrected chi connectivity index (χ2v) is 5.72. The smallest absolute Gasteiger partial charge is 0.324 e. The van der Waals surface area contributed by atoms with Crippen LogP contribution < -0.4 is 10.6 Å². The van der Waals surface area contributed by atoms with Crippen molar-refractivity contribution in [2.45, 2.75) is 37.9 Å². The summed E-state index contributed by atoms with van der Waals surface area (Å²) in [6.07, 6.45) is 0.954. The normalized spacial score (nSPS) is 28.4. The van der Waals surface area contributed by atoms with E-state index in [0.29, 0.717) is 0 Å². The molecule has 114 valence electrons. The predicted molar refractivity (Wildman–Crippen MR) is 70.6 cm³/mol. The highest BCUT2D eigenvalue weighted by Crippen LogP contribution is 2.45. The summed E-state index contributed by atoms with van der Waals surface area (Å²) < 4.78 is 38.0. The number of nitrogens with zero attached hydrogens (tertiary/aromatic N) is 1. The number of hydrogen-bond acceptors (Lipinski definition) is 3. The Bertz CT molecular complexity index is 549. The Morgan fingerprint density at radius 2 is 2.19 bits per heavy atom. The van der Waals surface area contributed by atoms with E-state index in [4.69, 9.17) is 0 Å². The lowest BCUT2D eigenvalue weighted by molar-refractivity contribution is -0.137. The minimum absolute atomic E-state index is 0.0988. The Morgan fingerprint density at radius 3 is 2.95 bits per heavy atom. The molecular formula is C14H16F3N3O. The molecule has 0 spiro atoms. The van der Waals surface area contributed by atoms with E-state index in [9.17, 15) is 18.0 Å². The van der Waals surface area contributed by atoms with Crippen molar-refractivity contribution in [1.29, 1.82) is 0 Å². The Kier molecular flexibility index (Phi) is 3.39. The van der Waals surface area contributed by atoms with Gasteiger partial charge in [-0.1, -0.05) is 6.42 Å². The molecule has 21 heavy (non-hydrogen) atoms. The van der Waals surface area contributed by atoms with Crippen LogP contribution in [0.2, 0.25) is 0 Å². The monoisotopic (exact) mass is 299 g/mol. The van der Waals surface area contributed by atoms with Gasteiger partial charge in [-0.15, -0.1) is 0 Å². The van der Waals surface area contributed by atoms with Crippen LogP contribution in [-0.2, 0) is 11.0 Å². The van der Waals surface area contributed by atoms with Gasteiger partial charge >= 0.3 is 6.18 Å². The summed E-state index contributed by atoms with van der Waals surface area (Å²) >= 11 is 0. The minimum atomic E-state index is -4.46. The predicted octanol–water partition coefficient (Wildman–Crippen LogP) is 2.57. The maximum absolute atomic E-state index is 12.7. The first kappa shape index (κ1) is 14.3. The summed E-state index contributed by atoms with van der Waals surface area (Å²) in [5, 5.41) is 5.92. The van der Waals surface area contributed by atoms with Crippen LogP contribution in [0, 0.1) is 5.41 Å². The molecule has 3 rings (SSSR count). The largest absolute Gasteiger partial charge is 0.417 e. The fourth-order valence-electron chi connectivity index (χ4n) is 3.44. The number of hydrogen-bond donors (Lipinski definition) is 2. The first-order valence-electron chi connectivity index (χ1n) is 6.99. The number of amides is 1. The fourth-order valence-corrected chi connectivity index (χ4v) is 3.44. The molecule has 1 aromatic heterocycles. The number of halogens is 3. The quantitative estimate of drug-likeness (QED) is 0.882. The summed E-state index contributed by atoms with van der Waals surface area (Å²) in [6.45, 7) is 0.777. The number of alkyl halides is 3. The van der Waals surface area contributed by atoms with Gasteiger partial charge in [0.2, 0.25) is 5.91 Å². The molecule has 0 aromatic carbocycles. The zero-order valence-electron chi connectivity index (χ0n) is 11.3. The van der Waals surface area contributed by atoms with Gasteiger partial charge in [0.1, 0.15) is 0 Å². The minimum Gasteiger partial charge on any atom is -0.324 e. The van der Waals surface area contributed by atoms with Crippen LogP contribution in [0.3, 0.4) is 0 Å². The molecule has 1 saturated carbocycles. The van der Waals surface area contributed by atoms with E-state index < -0.39 is 17.2 Å². The molecule has 2 heterocycles. The number of fused-ring (bicyclic) bond motifs is 1. The molecule has 2 N–H and O–H groups in total. The average molecular weight is 299 g/mol. The maximum Gasteiger partial charge on any atom is 0.417 e. The number of nitrogens with one attached hydrogen (secondary N) is 2. The van der Waals surface area contributed by atoms with Crippen LogP contribution in [0.25, 0.3) is 0 Å². The van der Waals surface area contributed by atoms with Crippen molar-refractivity contribution in [1.82, 2.24) is 10.3 Å². The summed E-state index contributed by atoms with van der Waals surface area (Å²) in [6, 6.07) is 1.06. The molecule has 0 radical (unpaired) electrons. The number of carbonyl (C=O) groups is 1. The lowest BCUT2D eigenvalue weighted by atomic mass is 9.81. The molecule has 1 aliphatic heterocycles. The number of anilines is 1. The average Bonchev–Trinajstić information content (AvgIpc) is 2.97. The molecule has 2 fully saturated rings. The Morgan fingerprint density at radius 1 is 1.38 bits per heavy atom. The second-order valence-electron chi connectivity index (χ2n) is 5.72. The molecule has 2 aliphatic rings. The zero-order chi connectivity index (χ0) is 15.1. The van der Waals surface area contributed by atoms with E-state index in [1.54, 1.807) is 0 Å². The van der Waals surface area contributed by atoms with Gasteiger partial charge in [0.25, 0.3) is 0 Å². The first-order chi connectivity index (χ1) is 9.92. The Labute approximate surface area is 120 Å². The molecular weight excluding hydrogens is 283 g/mol. The number of rotatable bonds is 2. The molecule has 7 heteroatoms. The Balaban J connectivity index is 1.79. The number of carbonyl (C=O) groups excluding carboxylic acids is 1. The van der Waals surface area contributed by atoms with Crippen molar-refractivity contribution in [3.8, 4) is 0 Å². The van der Waals surface area contributed by atoms with Gasteiger partial charge in [-0.25, -0.2) is 0 Å². The lowest BCUT2D eigenvalue weighted by Gasteiger charge is -2.27. The maximum atomic E-state index is 12.7. The molecule has 1 amide bonds. The molecule has 1 saturated heterocycles. The SMILES string of the molecule is O=C(Nc1cncc(C(F)(F)F)c1)[C@]12CCC[C@H]1NCC2. The second kappa shape index (κ2) is 4.98. The summed E-state index contributed by atoms with van der Waals surface area (Å²) in [5.41, 5.74) is -1.24. The van der Waals surface area contributed by atoms with Gasteiger partial charge < -0.3 is 10.6 Å². The highest BCUT2D eigenvalue weighted by molar-refractivity contribution is 5.96. The summed E-state index contributed by atoms with van der Waals surface area (Å²) in [4.78, 5) is 16.1. The van der Waals surface area contributed by atoms with Crippen molar-refractivity contribution >= 4 is 11.6 Å². The highest BCUT2D eigenvalue weighted by Gasteiger charge is 2.51. The van der Waals surface area contributed by atoms with Crippen LogP contribution in [-0.4, -0.2) is 23.5 Å². The van der Waals surface area contributed by atoms with Gasteiger partial charge in [-0.3, -0.25) is 9.78 Å². The molecule has 1 aromatic rings. The van der Waals surface area contributed by atoms with Crippen LogP contribution >= 0.6 is 0 Å². The lowest BCUT2D eigenvalue weighted by Crippen LogP contribution is -2.41. The first-order valence-corrected chi connectivity index (χ1v) is 6.99. The van der Waals surface area contributed by atoms with Crippen LogP contribution in [0.4, 0.5) is 18.9 Å². The number of aromatic nitrogens is 1. The van der Waals surface area contributed by atoms with Crippen molar-refractivity contribution in [2.75, 3.05) is 11.9 Å². The van der Waals surface area contributed by atoms with Crippen molar-refractivity contribution in [3.05, 3.63) is 24.0 Å². The number of pyridine rings is 1. The summed E-state index contributed by atoms with van der Waals surface area (Å²) in [5.74, 6) is -0.198. The van der Waals surface area contributed by atoms with Gasteiger partial charge in [0.15, 0.2) is 0 Å². The van der Waals surface area contributed by atoms with Crippen LogP contribution in [0.15, 0.2) is 18.5 Å². The molecule has 1 aliphatic carbocycles. The van der Waals surface area contributed by atoms with Gasteiger partial charge in [-0.2, -0.15) is 13.2 Å². The fraction of sp³-hybridized carbons (Fsp3) is 0.571. The van der Waals surface area contributed by atoms with E-state index in [0.717, 1.165) is 44.5 Å². The summed E-state index contributed by atoms with van der Waals surface area (Å²) in [7, 11) is 0. The van der Waals surface area contributed by atoms with E-state index in [-0.39, 0.29) is 17.6 Å². The van der Waals surface area contributed by atoms with E-state index in [1.165, 1.54) is 6.20 Å². The van der Waals surface area contributed by atoms with Crippen molar-refractivity contribution < 1.29 is 18.0 Å². The standard InChI is InChI=1S/C14H16F3N3O/c15-14(16,17)9-6-10(8-18-7-9)20-12(21)13-3-1-2-11(13)19-5-4-13/h6-8,11,19H,1-5H2,(H,20,21)/t11-,13+/m1/s1. The Hall–Kier alpha value is -1.63.